The third kappa shape index (κ3) is 6.19. The van der Waals surface area contributed by atoms with E-state index in [1.54, 1.807) is 6.92 Å². The molecule has 1 aromatic heterocycles. The predicted octanol–water partition coefficient (Wildman–Crippen LogP) is 4.13. The molecule has 0 bridgehead atoms. The molecule has 1 amide bonds. The van der Waals surface area contributed by atoms with Gasteiger partial charge in [-0.05, 0) is 49.4 Å². The molecule has 10 nitrogen and oxygen atoms in total. The summed E-state index contributed by atoms with van der Waals surface area (Å²) in [4.78, 5) is 40.6. The van der Waals surface area contributed by atoms with Crippen molar-refractivity contribution in [1.82, 2.24) is 19.4 Å². The molecule has 2 aliphatic rings. The molecule has 0 radical (unpaired) electrons. The molecule has 2 aromatic carbocycles. The van der Waals surface area contributed by atoms with Crippen molar-refractivity contribution in [2.24, 2.45) is 0 Å². The molecule has 44 heavy (non-hydrogen) atoms. The number of likely N-dealkylation sites (tertiary alicyclic amines) is 1. The van der Waals surface area contributed by atoms with Crippen LogP contribution in [0.1, 0.15) is 23.7 Å². The minimum atomic E-state index is -2.84. The van der Waals surface area contributed by atoms with Crippen molar-refractivity contribution in [3.8, 4) is 11.4 Å². The maximum absolute atomic E-state index is 15.2. The van der Waals surface area contributed by atoms with Crippen molar-refractivity contribution in [2.45, 2.75) is 25.8 Å². The van der Waals surface area contributed by atoms with Gasteiger partial charge in [0.2, 0.25) is 0 Å². The Balaban J connectivity index is 1.39. The van der Waals surface area contributed by atoms with Gasteiger partial charge in [-0.15, -0.1) is 0 Å². The molecule has 2 aliphatic heterocycles. The van der Waals surface area contributed by atoms with E-state index in [9.17, 15) is 27.6 Å². The molecule has 228 valence electrons. The second-order valence-electron chi connectivity index (χ2n) is 9.93. The lowest BCUT2D eigenvalue weighted by molar-refractivity contribution is 0.0153. The minimum absolute atomic E-state index is 0.0345. The van der Waals surface area contributed by atoms with E-state index in [1.807, 2.05) is 0 Å². The van der Waals surface area contributed by atoms with Gasteiger partial charge in [0.15, 0.2) is 17.3 Å². The van der Waals surface area contributed by atoms with Gasteiger partial charge in [-0.3, -0.25) is 14.2 Å². The zero-order valence-electron chi connectivity index (χ0n) is 23.2. The third-order valence-electron chi connectivity index (χ3n) is 6.94. The minimum Gasteiger partial charge on any atom is -0.452 e. The number of carbonyl (C=O) groups is 1. The first-order valence-corrected chi connectivity index (χ1v) is 13.4. The molecule has 5 rings (SSSR count). The van der Waals surface area contributed by atoms with Crippen LogP contribution < -0.4 is 26.6 Å². The van der Waals surface area contributed by atoms with Crippen LogP contribution >= 0.6 is 0 Å². The fourth-order valence-electron chi connectivity index (χ4n) is 4.69. The average molecular weight is 611 g/mol. The fraction of sp³-hybridized carbons (Fsp3) is 0.200. The van der Waals surface area contributed by atoms with E-state index in [0.29, 0.717) is 5.70 Å². The third-order valence-corrected chi connectivity index (χ3v) is 6.94. The molecule has 1 saturated heterocycles. The van der Waals surface area contributed by atoms with Gasteiger partial charge in [0.05, 0.1) is 23.6 Å². The number of allylic oxidation sites excluding steroid dienone is 2. The normalized spacial score (nSPS) is 16.7. The van der Waals surface area contributed by atoms with Crippen LogP contribution in [0.5, 0.6) is 5.75 Å². The van der Waals surface area contributed by atoms with E-state index in [2.05, 4.69) is 10.6 Å². The molecule has 0 spiro atoms. The standard InChI is InChI=1S/C30H26F4N6O4/c1-2-38-16-22(28(42)40(29(38)43)20-6-3-18(31)4-7-20)27(41)37-19-5-8-25(23(32)13-19)44-26-14-21(15-36-24(26)9-11-35)39-12-10-30(33,34)17-39/h3-9,11,13-16,35-36H,2,10,12,17H2,1H3,(H,37,41)/b24-9-,35-11?. The number of ether oxygens (including phenoxy) is 1. The number of hydrogen-bond acceptors (Lipinski definition) is 7. The number of hydrogen-bond donors (Lipinski definition) is 3. The maximum atomic E-state index is 15.2. The highest BCUT2D eigenvalue weighted by atomic mass is 19.3. The van der Waals surface area contributed by atoms with Crippen molar-refractivity contribution < 1.29 is 27.1 Å². The van der Waals surface area contributed by atoms with Crippen molar-refractivity contribution in [1.29, 1.82) is 5.41 Å². The van der Waals surface area contributed by atoms with Crippen LogP contribution in [0.3, 0.4) is 0 Å². The SMILES string of the molecule is CCn1cc(C(=O)Nc2ccc(OC3=CC(N4CCC(F)(F)C4)=CN/C3=C\C=N)c(F)c2)c(=O)n(-c2ccc(F)cc2)c1=O. The topological polar surface area (TPSA) is 121 Å². The van der Waals surface area contributed by atoms with E-state index < -0.39 is 46.8 Å². The predicted molar refractivity (Wildman–Crippen MR) is 154 cm³/mol. The fourth-order valence-corrected chi connectivity index (χ4v) is 4.69. The summed E-state index contributed by atoms with van der Waals surface area (Å²) >= 11 is 0. The van der Waals surface area contributed by atoms with Gasteiger partial charge < -0.3 is 25.7 Å². The number of carbonyl (C=O) groups excluding carboxylic acids is 1. The van der Waals surface area contributed by atoms with Gasteiger partial charge in [-0.25, -0.2) is 26.9 Å². The van der Waals surface area contributed by atoms with Crippen LogP contribution in [0.4, 0.5) is 23.2 Å². The zero-order chi connectivity index (χ0) is 31.6. The number of rotatable bonds is 8. The molecular weight excluding hydrogens is 584 g/mol. The van der Waals surface area contributed by atoms with Gasteiger partial charge in [0, 0.05) is 56.0 Å². The average Bonchev–Trinajstić information content (AvgIpc) is 3.36. The Morgan fingerprint density at radius 2 is 1.91 bits per heavy atom. The van der Waals surface area contributed by atoms with E-state index >= 15 is 4.39 Å². The first-order chi connectivity index (χ1) is 21.0. The molecule has 3 aromatic rings. The summed E-state index contributed by atoms with van der Waals surface area (Å²) in [5.74, 6) is -5.43. The van der Waals surface area contributed by atoms with Crippen LogP contribution in [-0.2, 0) is 6.54 Å². The summed E-state index contributed by atoms with van der Waals surface area (Å²) in [6.07, 6.45) is 6.05. The zero-order valence-corrected chi connectivity index (χ0v) is 23.2. The first-order valence-electron chi connectivity index (χ1n) is 13.4. The molecule has 1 fully saturated rings. The summed E-state index contributed by atoms with van der Waals surface area (Å²) < 4.78 is 63.8. The molecule has 0 unspecified atom stereocenters. The Morgan fingerprint density at radius 1 is 1.16 bits per heavy atom. The lowest BCUT2D eigenvalue weighted by Crippen LogP contribution is -2.42. The highest BCUT2D eigenvalue weighted by molar-refractivity contribution is 6.03. The molecular formula is C30H26F4N6O4. The van der Waals surface area contributed by atoms with Crippen molar-refractivity contribution in [2.75, 3.05) is 18.4 Å². The van der Waals surface area contributed by atoms with E-state index in [1.165, 1.54) is 47.5 Å². The van der Waals surface area contributed by atoms with Gasteiger partial charge in [-0.2, -0.15) is 0 Å². The Hall–Kier alpha value is -5.40. The molecule has 3 heterocycles. The molecule has 0 atom stereocenters. The van der Waals surface area contributed by atoms with Gasteiger partial charge in [0.1, 0.15) is 11.4 Å². The van der Waals surface area contributed by atoms with Gasteiger partial charge >= 0.3 is 5.69 Å². The number of dihydropyridines is 1. The smallest absolute Gasteiger partial charge is 0.335 e. The lowest BCUT2D eigenvalue weighted by Gasteiger charge is -2.25. The molecule has 0 saturated carbocycles. The summed E-state index contributed by atoms with van der Waals surface area (Å²) in [6, 6.07) is 8.10. The summed E-state index contributed by atoms with van der Waals surface area (Å²) in [7, 11) is 0. The number of aromatic nitrogens is 2. The number of aryl methyl sites for hydroxylation is 1. The van der Waals surface area contributed by atoms with Crippen LogP contribution in [-0.4, -0.2) is 45.2 Å². The summed E-state index contributed by atoms with van der Waals surface area (Å²) in [5.41, 5.74) is -1.39. The van der Waals surface area contributed by atoms with Crippen molar-refractivity contribution in [3.63, 3.8) is 0 Å². The Morgan fingerprint density at radius 3 is 2.55 bits per heavy atom. The van der Waals surface area contributed by atoms with Gasteiger partial charge in [0.25, 0.3) is 17.4 Å². The number of halogens is 4. The number of benzene rings is 2. The van der Waals surface area contributed by atoms with E-state index in [0.717, 1.165) is 39.7 Å². The van der Waals surface area contributed by atoms with Crippen molar-refractivity contribution >= 4 is 17.8 Å². The Bertz CT molecular complexity index is 1840. The second kappa shape index (κ2) is 12.1. The molecule has 14 heteroatoms. The number of nitrogens with zero attached hydrogens (tertiary/aromatic N) is 3. The summed E-state index contributed by atoms with van der Waals surface area (Å²) in [5, 5.41) is 12.7. The Labute approximate surface area is 247 Å². The van der Waals surface area contributed by atoms with Crippen molar-refractivity contribution in [3.05, 3.63) is 122 Å². The van der Waals surface area contributed by atoms with E-state index in [4.69, 9.17) is 10.1 Å². The monoisotopic (exact) mass is 610 g/mol. The second-order valence-corrected chi connectivity index (χ2v) is 9.93. The quantitative estimate of drug-likeness (QED) is 0.261. The highest BCUT2D eigenvalue weighted by Gasteiger charge is 2.39. The van der Waals surface area contributed by atoms with Crippen LogP contribution in [0.15, 0.2) is 93.8 Å². The maximum Gasteiger partial charge on any atom is 0.335 e. The number of anilines is 1. The largest absolute Gasteiger partial charge is 0.452 e. The summed E-state index contributed by atoms with van der Waals surface area (Å²) in [6.45, 7) is 1.39. The molecule has 0 aliphatic carbocycles. The first kappa shape index (κ1) is 30.1. The van der Waals surface area contributed by atoms with Crippen LogP contribution in [0.2, 0.25) is 0 Å². The number of alkyl halides is 2. The lowest BCUT2D eigenvalue weighted by atomic mass is 10.2. The highest BCUT2D eigenvalue weighted by Crippen LogP contribution is 2.32. The number of amides is 1. The van der Waals surface area contributed by atoms with E-state index in [-0.39, 0.29) is 48.1 Å². The number of nitrogens with one attached hydrogen (secondary N) is 3. The molecule has 3 N–H and O–H groups in total. The Kier molecular flexibility index (Phi) is 8.25. The van der Waals surface area contributed by atoms with Crippen LogP contribution in [0, 0.1) is 17.0 Å². The van der Waals surface area contributed by atoms with Crippen LogP contribution in [0.25, 0.3) is 5.69 Å². The van der Waals surface area contributed by atoms with Gasteiger partial charge in [-0.1, -0.05) is 0 Å².